The second-order valence-electron chi connectivity index (χ2n) is 6.15. The van der Waals surface area contributed by atoms with E-state index >= 15 is 0 Å². The van der Waals surface area contributed by atoms with E-state index in [9.17, 15) is 24.3 Å². The molecule has 0 aliphatic carbocycles. The van der Waals surface area contributed by atoms with Gasteiger partial charge in [0.15, 0.2) is 0 Å². The number of rotatable bonds is 7. The number of amides is 2. The van der Waals surface area contributed by atoms with Gasteiger partial charge in [-0.05, 0) is 35.0 Å². The molecule has 0 saturated carbocycles. The van der Waals surface area contributed by atoms with Crippen LogP contribution >= 0.6 is 11.8 Å². The summed E-state index contributed by atoms with van der Waals surface area (Å²) in [5.41, 5.74) is 1.39. The van der Waals surface area contributed by atoms with Crippen LogP contribution in [-0.2, 0) is 20.9 Å². The zero-order valence-corrected chi connectivity index (χ0v) is 16.6. The lowest BCUT2D eigenvalue weighted by molar-refractivity contribution is -0.255. The third-order valence-electron chi connectivity index (χ3n) is 4.18. The van der Waals surface area contributed by atoms with Gasteiger partial charge in [-0.25, -0.2) is 0 Å². The number of benzene rings is 2. The number of hydrogen-bond acceptors (Lipinski definition) is 8. The van der Waals surface area contributed by atoms with Gasteiger partial charge in [-0.1, -0.05) is 42.5 Å². The fourth-order valence-corrected chi connectivity index (χ4v) is 3.43. The lowest BCUT2D eigenvalue weighted by Crippen LogP contribution is -2.34. The molecule has 2 amide bonds. The highest BCUT2D eigenvalue weighted by Crippen LogP contribution is 2.34. The highest BCUT2D eigenvalue weighted by Gasteiger charge is 2.36. The summed E-state index contributed by atoms with van der Waals surface area (Å²) in [6, 6.07) is 13.0. The summed E-state index contributed by atoms with van der Waals surface area (Å²) in [5, 5.41) is 10.3. The van der Waals surface area contributed by atoms with Gasteiger partial charge in [0, 0.05) is 5.56 Å². The first-order chi connectivity index (χ1) is 14.4. The standard InChI is InChI=1S/C21H17NO7S/c1-28-18(23)11-22-19(24)17(30-21(22)27)10-15-4-2-3-5-16(15)29-12-13-6-8-14(9-7-13)20(25)26/h2-10H,11-12H2,1H3,(H,25,26)/p-1/b17-10+. The first kappa shape index (κ1) is 21.1. The summed E-state index contributed by atoms with van der Waals surface area (Å²) in [4.78, 5) is 47.7. The Kier molecular flexibility index (Phi) is 6.53. The Morgan fingerprint density at radius 1 is 1.10 bits per heavy atom. The molecule has 1 aliphatic heterocycles. The number of ether oxygens (including phenoxy) is 2. The fraction of sp³-hybridized carbons (Fsp3) is 0.143. The summed E-state index contributed by atoms with van der Waals surface area (Å²) >= 11 is 0.730. The molecular weight excluding hydrogens is 410 g/mol. The highest BCUT2D eigenvalue weighted by atomic mass is 32.2. The van der Waals surface area contributed by atoms with Crippen LogP contribution in [0.2, 0.25) is 0 Å². The summed E-state index contributed by atoms with van der Waals surface area (Å²) in [5.74, 6) is -2.05. The number of carbonyl (C=O) groups is 4. The minimum absolute atomic E-state index is 0.0711. The van der Waals surface area contributed by atoms with Crippen LogP contribution in [0.3, 0.4) is 0 Å². The van der Waals surface area contributed by atoms with E-state index < -0.39 is 29.6 Å². The van der Waals surface area contributed by atoms with Crippen molar-refractivity contribution < 1.29 is 33.8 Å². The fourth-order valence-electron chi connectivity index (χ4n) is 2.60. The van der Waals surface area contributed by atoms with E-state index in [0.29, 0.717) is 11.3 Å². The topological polar surface area (TPSA) is 113 Å². The Hall–Kier alpha value is -3.59. The Labute approximate surface area is 176 Å². The maximum atomic E-state index is 12.5. The van der Waals surface area contributed by atoms with E-state index in [1.807, 2.05) is 0 Å². The lowest BCUT2D eigenvalue weighted by atomic mass is 10.1. The first-order valence-electron chi connectivity index (χ1n) is 8.73. The molecule has 1 saturated heterocycles. The van der Waals surface area contributed by atoms with Gasteiger partial charge in [0.25, 0.3) is 11.1 Å². The van der Waals surface area contributed by atoms with Crippen LogP contribution in [0.1, 0.15) is 21.5 Å². The van der Waals surface area contributed by atoms with Crippen LogP contribution in [0.4, 0.5) is 4.79 Å². The predicted octanol–water partition coefficient (Wildman–Crippen LogP) is 1.84. The smallest absolute Gasteiger partial charge is 0.325 e. The molecule has 1 aliphatic rings. The molecule has 0 spiro atoms. The van der Waals surface area contributed by atoms with Crippen LogP contribution in [0.25, 0.3) is 6.08 Å². The van der Waals surface area contributed by atoms with Crippen molar-refractivity contribution in [2.75, 3.05) is 13.7 Å². The molecule has 0 radical (unpaired) electrons. The maximum absolute atomic E-state index is 12.5. The summed E-state index contributed by atoms with van der Waals surface area (Å²) < 4.78 is 10.3. The van der Waals surface area contributed by atoms with E-state index in [2.05, 4.69) is 4.74 Å². The van der Waals surface area contributed by atoms with Gasteiger partial charge in [0.05, 0.1) is 18.0 Å². The number of para-hydroxylation sites is 1. The first-order valence-corrected chi connectivity index (χ1v) is 9.55. The van der Waals surface area contributed by atoms with E-state index in [4.69, 9.17) is 4.74 Å². The molecule has 2 aromatic carbocycles. The molecule has 0 N–H and O–H groups in total. The zero-order chi connectivity index (χ0) is 21.7. The number of nitrogens with zero attached hydrogens (tertiary/aromatic N) is 1. The Balaban J connectivity index is 1.75. The van der Waals surface area contributed by atoms with Crippen LogP contribution in [0.15, 0.2) is 53.4 Å². The molecule has 9 heteroatoms. The molecule has 0 aromatic heterocycles. The van der Waals surface area contributed by atoms with Crippen molar-refractivity contribution in [3.63, 3.8) is 0 Å². The van der Waals surface area contributed by atoms with Gasteiger partial charge < -0.3 is 19.4 Å². The average molecular weight is 426 g/mol. The quantitative estimate of drug-likeness (QED) is 0.487. The largest absolute Gasteiger partial charge is 0.545 e. The molecule has 3 rings (SSSR count). The van der Waals surface area contributed by atoms with Crippen molar-refractivity contribution in [3.8, 4) is 5.75 Å². The maximum Gasteiger partial charge on any atom is 0.325 e. The molecule has 30 heavy (non-hydrogen) atoms. The molecule has 154 valence electrons. The molecule has 1 heterocycles. The van der Waals surface area contributed by atoms with E-state index in [1.165, 1.54) is 25.3 Å². The van der Waals surface area contributed by atoms with Crippen molar-refractivity contribution in [3.05, 3.63) is 70.1 Å². The molecule has 1 fully saturated rings. The summed E-state index contributed by atoms with van der Waals surface area (Å²) in [6.45, 7) is -0.277. The summed E-state index contributed by atoms with van der Waals surface area (Å²) in [7, 11) is 1.18. The Morgan fingerprint density at radius 3 is 2.47 bits per heavy atom. The summed E-state index contributed by atoms with van der Waals surface area (Å²) in [6.07, 6.45) is 1.52. The highest BCUT2D eigenvalue weighted by molar-refractivity contribution is 8.18. The normalized spacial score (nSPS) is 14.8. The molecule has 8 nitrogen and oxygen atoms in total. The van der Waals surface area contributed by atoms with Crippen LogP contribution in [-0.4, -0.2) is 41.6 Å². The average Bonchev–Trinajstić information content (AvgIpc) is 3.00. The molecule has 2 aromatic rings. The number of carbonyl (C=O) groups excluding carboxylic acids is 4. The minimum atomic E-state index is -1.26. The Morgan fingerprint density at radius 2 is 1.80 bits per heavy atom. The van der Waals surface area contributed by atoms with E-state index in [-0.39, 0.29) is 17.1 Å². The second kappa shape index (κ2) is 9.27. The van der Waals surface area contributed by atoms with Gasteiger partial charge in [0.2, 0.25) is 0 Å². The number of aromatic carboxylic acids is 1. The van der Waals surface area contributed by atoms with Crippen molar-refractivity contribution in [2.24, 2.45) is 0 Å². The van der Waals surface area contributed by atoms with Crippen molar-refractivity contribution >= 4 is 40.9 Å². The third kappa shape index (κ3) is 4.87. The van der Waals surface area contributed by atoms with Crippen molar-refractivity contribution in [2.45, 2.75) is 6.61 Å². The van der Waals surface area contributed by atoms with Crippen LogP contribution < -0.4 is 9.84 Å². The molecule has 0 unspecified atom stereocenters. The van der Waals surface area contributed by atoms with Crippen molar-refractivity contribution in [1.82, 2.24) is 4.90 Å². The van der Waals surface area contributed by atoms with E-state index in [0.717, 1.165) is 22.2 Å². The van der Waals surface area contributed by atoms with Crippen molar-refractivity contribution in [1.29, 1.82) is 0 Å². The second-order valence-corrected chi connectivity index (χ2v) is 7.15. The van der Waals surface area contributed by atoms with Gasteiger partial charge in [-0.2, -0.15) is 0 Å². The number of hydrogen-bond donors (Lipinski definition) is 0. The number of imide groups is 1. The van der Waals surface area contributed by atoms with Crippen LogP contribution in [0, 0.1) is 0 Å². The van der Waals surface area contributed by atoms with E-state index in [1.54, 1.807) is 36.4 Å². The molecule has 0 bridgehead atoms. The number of thioether (sulfide) groups is 1. The SMILES string of the molecule is COC(=O)CN1C(=O)S/C(=C/c2ccccc2OCc2ccc(C(=O)[O-])cc2)C1=O. The molecular formula is C21H16NO7S-. The lowest BCUT2D eigenvalue weighted by Gasteiger charge is -2.11. The molecule has 0 atom stereocenters. The minimum Gasteiger partial charge on any atom is -0.545 e. The third-order valence-corrected chi connectivity index (χ3v) is 5.09. The number of carboxylic acids is 1. The van der Waals surface area contributed by atoms with Gasteiger partial charge in [0.1, 0.15) is 18.9 Å². The van der Waals surface area contributed by atoms with Gasteiger partial charge >= 0.3 is 5.97 Å². The zero-order valence-electron chi connectivity index (χ0n) is 15.8. The number of esters is 1. The monoisotopic (exact) mass is 426 g/mol. The van der Waals surface area contributed by atoms with Crippen LogP contribution in [0.5, 0.6) is 5.75 Å². The predicted molar refractivity (Wildman–Crippen MR) is 106 cm³/mol. The van der Waals surface area contributed by atoms with Gasteiger partial charge in [-0.3, -0.25) is 19.3 Å². The number of methoxy groups -OCH3 is 1. The Bertz CT molecular complexity index is 1030. The van der Waals surface area contributed by atoms with Gasteiger partial charge in [-0.15, -0.1) is 0 Å². The number of carboxylic acid groups (broad SMARTS) is 1.